The summed E-state index contributed by atoms with van der Waals surface area (Å²) in [6, 6.07) is 29.1. The van der Waals surface area contributed by atoms with E-state index < -0.39 is 32.0 Å². The molecule has 0 fully saturated rings. The lowest BCUT2D eigenvalue weighted by molar-refractivity contribution is -0.153. The summed E-state index contributed by atoms with van der Waals surface area (Å²) in [7, 11) is -0.528. The molecule has 1 aromatic heterocycles. The van der Waals surface area contributed by atoms with Crippen LogP contribution in [0.2, 0.25) is 19.6 Å². The van der Waals surface area contributed by atoms with E-state index in [2.05, 4.69) is 78.6 Å². The molecule has 1 N–H and O–H groups in total. The maximum atomic E-state index is 14.1. The number of nitrogens with one attached hydrogen (secondary N) is 1. The fraction of sp³-hybridized carbons (Fsp3) is 0.302. The molecule has 0 aliphatic carbocycles. The molecule has 8 heteroatoms. The van der Waals surface area contributed by atoms with Crippen LogP contribution in [0, 0.1) is 11.5 Å². The number of hydrogen-bond donors (Lipinski definition) is 1. The topological polar surface area (TPSA) is 80.9 Å². The number of ether oxygens (including phenoxy) is 3. The zero-order valence-electron chi connectivity index (χ0n) is 30.7. The van der Waals surface area contributed by atoms with Gasteiger partial charge in [0.05, 0.1) is 25.4 Å². The molecule has 5 aromatic rings. The highest BCUT2D eigenvalue weighted by molar-refractivity contribution is 6.84. The number of aromatic amines is 1. The van der Waals surface area contributed by atoms with Crippen molar-refractivity contribution >= 4 is 30.9 Å². The lowest BCUT2D eigenvalue weighted by Crippen LogP contribution is -2.51. The fourth-order valence-corrected chi connectivity index (χ4v) is 7.07. The number of benzene rings is 4. The van der Waals surface area contributed by atoms with Gasteiger partial charge in [0.15, 0.2) is 0 Å². The molecule has 1 amide bonds. The highest BCUT2D eigenvalue weighted by Crippen LogP contribution is 2.43. The maximum absolute atomic E-state index is 14.1. The Labute approximate surface area is 301 Å². The minimum absolute atomic E-state index is 0.0923. The number of fused-ring (bicyclic) bond motifs is 3. The Balaban J connectivity index is 1.46. The number of hydrogen-bond acceptors (Lipinski definition) is 5. The molecule has 51 heavy (non-hydrogen) atoms. The van der Waals surface area contributed by atoms with Crippen molar-refractivity contribution in [2.24, 2.45) is 0 Å². The van der Waals surface area contributed by atoms with Gasteiger partial charge < -0.3 is 24.1 Å². The summed E-state index contributed by atoms with van der Waals surface area (Å²) in [5.74, 6) is 3.70. The standard InChI is InChI=1S/C43H46N2O5Si/c1-27(2)49-34-18-13-30(14-19-34)29-9-11-32(12-10-29)42-41-37(26-39(43(47)48-5)45(42)40(46)23-24-51(6,7)8)36-25-33(17-22-38(36)44-41)31-15-20-35(21-16-31)50-28(3)4/h9-22,25,27-28,39,42,44H,26H2,1-8H3. The first kappa shape index (κ1) is 35.6. The second kappa shape index (κ2) is 14.5. The van der Waals surface area contributed by atoms with E-state index in [1.54, 1.807) is 4.90 Å². The summed E-state index contributed by atoms with van der Waals surface area (Å²) >= 11 is 0. The quantitative estimate of drug-likeness (QED) is 0.0995. The van der Waals surface area contributed by atoms with E-state index in [0.717, 1.165) is 61.5 Å². The van der Waals surface area contributed by atoms with E-state index >= 15 is 0 Å². The first-order valence-electron chi connectivity index (χ1n) is 17.5. The summed E-state index contributed by atoms with van der Waals surface area (Å²) < 4.78 is 17.0. The Morgan fingerprint density at radius 2 is 1.27 bits per heavy atom. The number of nitrogens with zero attached hydrogens (tertiary/aromatic N) is 1. The predicted molar refractivity (Wildman–Crippen MR) is 206 cm³/mol. The third-order valence-electron chi connectivity index (χ3n) is 8.82. The molecular weight excluding hydrogens is 653 g/mol. The van der Waals surface area contributed by atoms with Crippen LogP contribution in [0.25, 0.3) is 33.2 Å². The van der Waals surface area contributed by atoms with Gasteiger partial charge in [-0.05, 0) is 103 Å². The SMILES string of the molecule is COC(=O)C1Cc2c([nH]c3ccc(-c4ccc(OC(C)C)cc4)cc23)C(c2ccc(-c3ccc(OC(C)C)cc3)cc2)N1C(=O)C#C[Si](C)(C)C. The Morgan fingerprint density at radius 1 is 0.765 bits per heavy atom. The normalized spacial score (nSPS) is 15.7. The van der Waals surface area contributed by atoms with Crippen molar-refractivity contribution in [3.05, 3.63) is 108 Å². The Kier molecular flexibility index (Phi) is 10.1. The molecule has 7 nitrogen and oxygen atoms in total. The highest BCUT2D eigenvalue weighted by atomic mass is 28.3. The molecule has 262 valence electrons. The largest absolute Gasteiger partial charge is 0.491 e. The van der Waals surface area contributed by atoms with Gasteiger partial charge in [-0.3, -0.25) is 4.79 Å². The van der Waals surface area contributed by atoms with Crippen LogP contribution in [-0.2, 0) is 20.7 Å². The zero-order valence-corrected chi connectivity index (χ0v) is 31.7. The maximum Gasteiger partial charge on any atom is 0.328 e. The predicted octanol–water partition coefficient (Wildman–Crippen LogP) is 8.97. The van der Waals surface area contributed by atoms with E-state index in [-0.39, 0.29) is 12.2 Å². The molecule has 0 bridgehead atoms. The number of rotatable bonds is 8. The summed E-state index contributed by atoms with van der Waals surface area (Å²) in [5, 5.41) is 1.00. The Morgan fingerprint density at radius 3 is 1.78 bits per heavy atom. The third kappa shape index (κ3) is 7.89. The first-order valence-corrected chi connectivity index (χ1v) is 21.0. The van der Waals surface area contributed by atoms with Gasteiger partial charge >= 0.3 is 5.97 Å². The number of carbonyl (C=O) groups excluding carboxylic acids is 2. The van der Waals surface area contributed by atoms with Gasteiger partial charge in [-0.15, -0.1) is 5.54 Å². The third-order valence-corrected chi connectivity index (χ3v) is 9.70. The number of amides is 1. The van der Waals surface area contributed by atoms with Crippen LogP contribution in [-0.4, -0.2) is 55.2 Å². The molecular formula is C43H46N2O5Si. The van der Waals surface area contributed by atoms with Gasteiger partial charge in [-0.25, -0.2) is 4.79 Å². The van der Waals surface area contributed by atoms with E-state index in [1.807, 2.05) is 76.2 Å². The van der Waals surface area contributed by atoms with Gasteiger partial charge in [-0.2, -0.15) is 0 Å². The van der Waals surface area contributed by atoms with Gasteiger partial charge in [0.25, 0.3) is 5.91 Å². The summed E-state index contributed by atoms with van der Waals surface area (Å²) in [6.07, 6.45) is 0.486. The van der Waals surface area contributed by atoms with Crippen molar-refractivity contribution in [1.29, 1.82) is 0 Å². The van der Waals surface area contributed by atoms with Gasteiger partial charge in [0.1, 0.15) is 25.6 Å². The monoisotopic (exact) mass is 698 g/mol. The van der Waals surface area contributed by atoms with Crippen molar-refractivity contribution in [3.63, 3.8) is 0 Å². The fourth-order valence-electron chi connectivity index (χ4n) is 6.59. The number of H-pyrrole nitrogens is 1. The van der Waals surface area contributed by atoms with Crippen LogP contribution in [0.1, 0.15) is 50.6 Å². The van der Waals surface area contributed by atoms with Gasteiger partial charge in [0.2, 0.25) is 0 Å². The first-order chi connectivity index (χ1) is 24.3. The van der Waals surface area contributed by atoms with Crippen LogP contribution >= 0.6 is 0 Å². The van der Waals surface area contributed by atoms with Crippen LogP contribution < -0.4 is 9.47 Å². The number of aromatic nitrogens is 1. The second-order valence-corrected chi connectivity index (χ2v) is 19.4. The molecule has 2 atom stereocenters. The van der Waals surface area contributed by atoms with Crippen LogP contribution in [0.4, 0.5) is 0 Å². The molecule has 6 rings (SSSR count). The minimum Gasteiger partial charge on any atom is -0.491 e. The highest BCUT2D eigenvalue weighted by Gasteiger charge is 2.44. The van der Waals surface area contributed by atoms with Crippen molar-refractivity contribution in [2.45, 2.75) is 78.0 Å². The molecule has 0 saturated heterocycles. The summed E-state index contributed by atoms with van der Waals surface area (Å²) in [4.78, 5) is 33.0. The summed E-state index contributed by atoms with van der Waals surface area (Å²) in [6.45, 7) is 14.3. The van der Waals surface area contributed by atoms with E-state index in [9.17, 15) is 9.59 Å². The van der Waals surface area contributed by atoms with E-state index in [0.29, 0.717) is 6.42 Å². The molecule has 0 saturated carbocycles. The van der Waals surface area contributed by atoms with Crippen molar-refractivity contribution in [3.8, 4) is 45.2 Å². The van der Waals surface area contributed by atoms with E-state index in [1.165, 1.54) is 7.11 Å². The van der Waals surface area contributed by atoms with Crippen LogP contribution in [0.3, 0.4) is 0 Å². The molecule has 1 aliphatic rings. The average molecular weight is 699 g/mol. The Bertz CT molecular complexity index is 2100. The number of methoxy groups -OCH3 is 1. The molecule has 4 aromatic carbocycles. The summed E-state index contributed by atoms with van der Waals surface area (Å²) in [5.41, 5.74) is 11.0. The molecule has 1 aliphatic heterocycles. The molecule has 0 radical (unpaired) electrons. The van der Waals surface area contributed by atoms with Gasteiger partial charge in [-0.1, -0.05) is 74.2 Å². The minimum atomic E-state index is -1.90. The van der Waals surface area contributed by atoms with E-state index in [4.69, 9.17) is 14.2 Å². The van der Waals surface area contributed by atoms with Crippen molar-refractivity contribution < 1.29 is 23.8 Å². The average Bonchev–Trinajstić information content (AvgIpc) is 3.47. The molecule has 2 unspecified atom stereocenters. The van der Waals surface area contributed by atoms with Crippen molar-refractivity contribution in [1.82, 2.24) is 9.88 Å². The lowest BCUT2D eigenvalue weighted by Gasteiger charge is -2.40. The van der Waals surface area contributed by atoms with Crippen LogP contribution in [0.15, 0.2) is 91.0 Å². The number of carbonyl (C=O) groups is 2. The second-order valence-electron chi connectivity index (χ2n) is 14.6. The smallest absolute Gasteiger partial charge is 0.328 e. The molecule has 0 spiro atoms. The Hall–Kier alpha value is -5.26. The van der Waals surface area contributed by atoms with Gasteiger partial charge in [0, 0.05) is 23.0 Å². The molecule has 2 heterocycles. The van der Waals surface area contributed by atoms with Crippen molar-refractivity contribution in [2.75, 3.05) is 7.11 Å². The zero-order chi connectivity index (χ0) is 36.4. The lowest BCUT2D eigenvalue weighted by atomic mass is 9.87. The van der Waals surface area contributed by atoms with Crippen LogP contribution in [0.5, 0.6) is 11.5 Å². The number of esters is 1.